The van der Waals surface area contributed by atoms with Crippen molar-refractivity contribution < 1.29 is 14.3 Å². The molecule has 2 aromatic heterocycles. The fraction of sp³-hybridized carbons (Fsp3) is 0.167. The first-order valence-corrected chi connectivity index (χ1v) is 10.1. The van der Waals surface area contributed by atoms with Crippen molar-refractivity contribution in [2.75, 3.05) is 12.4 Å². The molecule has 1 N–H and O–H groups in total. The summed E-state index contributed by atoms with van der Waals surface area (Å²) in [5.74, 6) is 0.812. The quantitative estimate of drug-likeness (QED) is 0.437. The smallest absolute Gasteiger partial charge is 0.255 e. The average Bonchev–Trinajstić information content (AvgIpc) is 3.17. The largest absolute Gasteiger partial charge is 0.495 e. The minimum absolute atomic E-state index is 0.270. The molecule has 0 radical (unpaired) electrons. The van der Waals surface area contributed by atoms with Crippen molar-refractivity contribution in [3.05, 3.63) is 88.3 Å². The van der Waals surface area contributed by atoms with Crippen LogP contribution >= 0.6 is 11.6 Å². The van der Waals surface area contributed by atoms with E-state index in [9.17, 15) is 4.79 Å². The van der Waals surface area contributed by atoms with Gasteiger partial charge in [0.05, 0.1) is 18.5 Å². The van der Waals surface area contributed by atoms with Gasteiger partial charge in [-0.15, -0.1) is 0 Å². The lowest BCUT2D eigenvalue weighted by Crippen LogP contribution is -2.13. The van der Waals surface area contributed by atoms with E-state index in [1.807, 2.05) is 48.8 Å². The number of aromatic nitrogens is 2. The molecule has 0 bridgehead atoms. The predicted octanol–water partition coefficient (Wildman–Crippen LogP) is 5.44. The highest BCUT2D eigenvalue weighted by atomic mass is 35.5. The first-order valence-electron chi connectivity index (χ1n) is 9.75. The average molecular weight is 436 g/mol. The fourth-order valence-electron chi connectivity index (χ4n) is 3.23. The summed E-state index contributed by atoms with van der Waals surface area (Å²) in [4.78, 5) is 17.3. The number of benzene rings is 2. The first-order chi connectivity index (χ1) is 14.9. The van der Waals surface area contributed by atoms with Gasteiger partial charge in [0.2, 0.25) is 0 Å². The molecular formula is C24H22ClN3O3. The third-order valence-corrected chi connectivity index (χ3v) is 5.27. The van der Waals surface area contributed by atoms with Gasteiger partial charge >= 0.3 is 0 Å². The number of rotatable bonds is 6. The minimum atomic E-state index is -0.270. The number of fused-ring (bicyclic) bond motifs is 1. The number of pyridine rings is 1. The topological polar surface area (TPSA) is 64.9 Å². The number of hydrogen-bond acceptors (Lipinski definition) is 4. The molecular weight excluding hydrogens is 414 g/mol. The Bertz CT molecular complexity index is 1270. The van der Waals surface area contributed by atoms with Gasteiger partial charge in [0, 0.05) is 29.0 Å². The number of hydrogen-bond donors (Lipinski definition) is 1. The summed E-state index contributed by atoms with van der Waals surface area (Å²) < 4.78 is 13.2. The molecule has 0 atom stereocenters. The van der Waals surface area contributed by atoms with Crippen LogP contribution in [0, 0.1) is 13.8 Å². The van der Waals surface area contributed by atoms with Gasteiger partial charge in [-0.2, -0.15) is 0 Å². The maximum absolute atomic E-state index is 12.8. The Kier molecular flexibility index (Phi) is 5.82. The highest BCUT2D eigenvalue weighted by molar-refractivity contribution is 6.31. The Balaban J connectivity index is 1.47. The molecule has 4 rings (SSSR count). The van der Waals surface area contributed by atoms with E-state index in [-0.39, 0.29) is 5.91 Å². The number of amides is 1. The molecule has 6 nitrogen and oxygen atoms in total. The number of nitrogens with zero attached hydrogens (tertiary/aromatic N) is 2. The van der Waals surface area contributed by atoms with Crippen LogP contribution < -0.4 is 14.8 Å². The van der Waals surface area contributed by atoms with Crippen molar-refractivity contribution in [2.45, 2.75) is 20.5 Å². The van der Waals surface area contributed by atoms with E-state index in [1.54, 1.807) is 30.3 Å². The molecule has 0 aliphatic heterocycles. The van der Waals surface area contributed by atoms with Crippen LogP contribution in [0.1, 0.15) is 27.2 Å². The number of imidazole rings is 1. The van der Waals surface area contributed by atoms with Crippen LogP contribution in [-0.2, 0) is 6.61 Å². The van der Waals surface area contributed by atoms with Crippen molar-refractivity contribution >= 4 is 28.8 Å². The third-order valence-electron chi connectivity index (χ3n) is 4.86. The molecule has 4 aromatic rings. The number of aryl methyl sites for hydroxylation is 2. The lowest BCUT2D eigenvalue weighted by atomic mass is 10.1. The highest BCUT2D eigenvalue weighted by Crippen LogP contribution is 2.31. The summed E-state index contributed by atoms with van der Waals surface area (Å²) >= 11 is 6.14. The fourth-order valence-corrected chi connectivity index (χ4v) is 3.39. The number of ether oxygens (including phenoxy) is 2. The lowest BCUT2D eigenvalue weighted by Gasteiger charge is -2.13. The van der Waals surface area contributed by atoms with Gasteiger partial charge in [0.15, 0.2) is 0 Å². The van der Waals surface area contributed by atoms with Crippen LogP contribution in [0.2, 0.25) is 5.02 Å². The second-order valence-corrected chi connectivity index (χ2v) is 7.68. The normalized spacial score (nSPS) is 10.8. The van der Waals surface area contributed by atoms with Crippen LogP contribution in [0.3, 0.4) is 0 Å². The summed E-state index contributed by atoms with van der Waals surface area (Å²) in [6.45, 7) is 4.20. The zero-order chi connectivity index (χ0) is 22.0. The number of halogens is 1. The van der Waals surface area contributed by atoms with Crippen molar-refractivity contribution in [1.82, 2.24) is 9.38 Å². The number of carbonyl (C=O) groups is 1. The molecule has 0 aliphatic rings. The molecule has 2 heterocycles. The van der Waals surface area contributed by atoms with Crippen LogP contribution in [0.15, 0.2) is 60.9 Å². The number of carbonyl (C=O) groups excluding carboxylic acids is 1. The van der Waals surface area contributed by atoms with Crippen molar-refractivity contribution in [3.63, 3.8) is 0 Å². The minimum Gasteiger partial charge on any atom is -0.495 e. The van der Waals surface area contributed by atoms with E-state index in [1.165, 1.54) is 7.11 Å². The van der Waals surface area contributed by atoms with Crippen LogP contribution in [0.25, 0.3) is 5.65 Å². The second kappa shape index (κ2) is 8.70. The van der Waals surface area contributed by atoms with Gasteiger partial charge in [-0.05, 0) is 55.3 Å². The SMILES string of the molecule is COc1cc(Cl)c(C)cc1NC(=O)c1cccc(OCc2cn3cc(C)ccc3n2)c1. The number of nitrogens with one attached hydrogen (secondary N) is 1. The summed E-state index contributed by atoms with van der Waals surface area (Å²) in [7, 11) is 1.53. The highest BCUT2D eigenvalue weighted by Gasteiger charge is 2.13. The Labute approximate surface area is 185 Å². The molecule has 0 spiro atoms. The lowest BCUT2D eigenvalue weighted by molar-refractivity contribution is 0.102. The summed E-state index contributed by atoms with van der Waals surface area (Å²) in [6, 6.07) is 14.5. The Morgan fingerprint density at radius 1 is 1.13 bits per heavy atom. The van der Waals surface area contributed by atoms with E-state index in [0.29, 0.717) is 34.4 Å². The Morgan fingerprint density at radius 3 is 2.77 bits per heavy atom. The van der Waals surface area contributed by atoms with E-state index >= 15 is 0 Å². The molecule has 31 heavy (non-hydrogen) atoms. The van der Waals surface area contributed by atoms with E-state index in [4.69, 9.17) is 21.1 Å². The predicted molar refractivity (Wildman–Crippen MR) is 121 cm³/mol. The summed E-state index contributed by atoms with van der Waals surface area (Å²) in [6.07, 6.45) is 3.96. The standard InChI is InChI=1S/C24H22ClN3O3/c1-15-7-8-23-26-18(13-28(23)12-15)14-31-19-6-4-5-17(10-19)24(29)27-21-9-16(2)20(25)11-22(21)30-3/h4-13H,14H2,1-3H3,(H,27,29). The van der Waals surface area contributed by atoms with Crippen LogP contribution in [-0.4, -0.2) is 22.4 Å². The van der Waals surface area contributed by atoms with Gasteiger partial charge in [-0.1, -0.05) is 23.7 Å². The van der Waals surface area contributed by atoms with E-state index in [0.717, 1.165) is 22.5 Å². The first kappa shape index (κ1) is 20.8. The zero-order valence-corrected chi connectivity index (χ0v) is 18.2. The van der Waals surface area contributed by atoms with Gasteiger partial charge < -0.3 is 19.2 Å². The van der Waals surface area contributed by atoms with Gasteiger partial charge in [0.25, 0.3) is 5.91 Å². The molecule has 0 saturated carbocycles. The molecule has 0 unspecified atom stereocenters. The van der Waals surface area contributed by atoms with Gasteiger partial charge in [0.1, 0.15) is 23.8 Å². The van der Waals surface area contributed by atoms with Gasteiger partial charge in [-0.25, -0.2) is 4.98 Å². The molecule has 1 amide bonds. The molecule has 0 fully saturated rings. The molecule has 158 valence electrons. The van der Waals surface area contributed by atoms with Crippen LogP contribution in [0.5, 0.6) is 11.5 Å². The summed E-state index contributed by atoms with van der Waals surface area (Å²) in [5.41, 5.74) is 4.70. The Morgan fingerprint density at radius 2 is 1.97 bits per heavy atom. The monoisotopic (exact) mass is 435 g/mol. The third kappa shape index (κ3) is 4.64. The van der Waals surface area contributed by atoms with Crippen molar-refractivity contribution in [3.8, 4) is 11.5 Å². The number of anilines is 1. The number of methoxy groups -OCH3 is 1. The van der Waals surface area contributed by atoms with Crippen molar-refractivity contribution in [1.29, 1.82) is 0 Å². The Hall–Kier alpha value is -3.51. The summed E-state index contributed by atoms with van der Waals surface area (Å²) in [5, 5.41) is 3.45. The van der Waals surface area contributed by atoms with Crippen molar-refractivity contribution in [2.24, 2.45) is 0 Å². The molecule has 2 aromatic carbocycles. The molecule has 0 saturated heterocycles. The zero-order valence-electron chi connectivity index (χ0n) is 17.5. The second-order valence-electron chi connectivity index (χ2n) is 7.28. The van der Waals surface area contributed by atoms with Gasteiger partial charge in [-0.3, -0.25) is 4.79 Å². The molecule has 7 heteroatoms. The van der Waals surface area contributed by atoms with E-state index in [2.05, 4.69) is 10.3 Å². The maximum Gasteiger partial charge on any atom is 0.255 e. The molecule has 0 aliphatic carbocycles. The van der Waals surface area contributed by atoms with Crippen LogP contribution in [0.4, 0.5) is 5.69 Å². The van der Waals surface area contributed by atoms with E-state index < -0.39 is 0 Å². The maximum atomic E-state index is 12.8.